The Labute approximate surface area is 201 Å². The van der Waals surface area contributed by atoms with E-state index in [9.17, 15) is 19.2 Å². The van der Waals surface area contributed by atoms with Crippen LogP contribution in [-0.2, 0) is 9.53 Å². The van der Waals surface area contributed by atoms with Crippen LogP contribution < -0.4 is 0 Å². The van der Waals surface area contributed by atoms with Crippen molar-refractivity contribution in [2.75, 3.05) is 13.7 Å². The molecule has 1 aliphatic rings. The first-order valence-corrected chi connectivity index (χ1v) is 11.2. The standard InChI is InChI=1S/C26H23ClFN3O3/c1-25(28)14-26(15-29,34-2)31(16-25)24(33)10-9-23(32)20-11-12-30-22-8-5-18(13-21(20)22)17-3-6-19(27)7-4-17/h3-8,11-13H,9-10,14,16H2,1-2H3/t25?,26-/m1/s1. The van der Waals surface area contributed by atoms with Crippen molar-refractivity contribution in [3.63, 3.8) is 0 Å². The summed E-state index contributed by atoms with van der Waals surface area (Å²) in [6.45, 7) is 1.07. The third-order valence-corrected chi connectivity index (χ3v) is 6.38. The summed E-state index contributed by atoms with van der Waals surface area (Å²) in [6.07, 6.45) is 1.06. The third-order valence-electron chi connectivity index (χ3n) is 6.13. The summed E-state index contributed by atoms with van der Waals surface area (Å²) in [4.78, 5) is 31.4. The van der Waals surface area contributed by atoms with Crippen molar-refractivity contribution in [1.82, 2.24) is 9.88 Å². The summed E-state index contributed by atoms with van der Waals surface area (Å²) < 4.78 is 19.9. The Balaban J connectivity index is 1.56. The first kappa shape index (κ1) is 23.8. The molecule has 1 fully saturated rings. The molecule has 174 valence electrons. The lowest BCUT2D eigenvalue weighted by molar-refractivity contribution is -0.148. The van der Waals surface area contributed by atoms with Crippen LogP contribution in [0.3, 0.4) is 0 Å². The van der Waals surface area contributed by atoms with Crippen LogP contribution in [0.25, 0.3) is 22.0 Å². The lowest BCUT2D eigenvalue weighted by Gasteiger charge is -2.30. The van der Waals surface area contributed by atoms with Gasteiger partial charge in [0.15, 0.2) is 5.78 Å². The van der Waals surface area contributed by atoms with E-state index < -0.39 is 17.3 Å². The number of nitrogens with zero attached hydrogens (tertiary/aromatic N) is 3. The number of Topliss-reactive ketones (excluding diaryl/α,β-unsaturated/α-hetero) is 1. The molecule has 0 aliphatic carbocycles. The van der Waals surface area contributed by atoms with Gasteiger partial charge >= 0.3 is 0 Å². The van der Waals surface area contributed by atoms with E-state index >= 15 is 0 Å². The van der Waals surface area contributed by atoms with Crippen molar-refractivity contribution in [1.29, 1.82) is 5.26 Å². The molecular weight excluding hydrogens is 457 g/mol. The predicted molar refractivity (Wildman–Crippen MR) is 127 cm³/mol. The van der Waals surface area contributed by atoms with Gasteiger partial charge in [-0.25, -0.2) is 4.39 Å². The Kier molecular flexibility index (Phi) is 6.39. The monoisotopic (exact) mass is 479 g/mol. The number of nitriles is 1. The van der Waals surface area contributed by atoms with Crippen LogP contribution in [0.1, 0.15) is 36.5 Å². The second kappa shape index (κ2) is 9.13. The highest BCUT2D eigenvalue weighted by atomic mass is 35.5. The molecule has 4 rings (SSSR count). The fourth-order valence-electron chi connectivity index (χ4n) is 4.43. The zero-order valence-corrected chi connectivity index (χ0v) is 19.6. The molecule has 2 aromatic carbocycles. The zero-order valence-electron chi connectivity index (χ0n) is 18.8. The van der Waals surface area contributed by atoms with Gasteiger partial charge in [0.25, 0.3) is 0 Å². The van der Waals surface area contributed by atoms with Gasteiger partial charge in [0.1, 0.15) is 11.7 Å². The SMILES string of the molecule is CO[C@@]1(C#N)CC(C)(F)CN1C(=O)CCC(=O)c1ccnc2ccc(-c3ccc(Cl)cc3)cc12. The highest BCUT2D eigenvalue weighted by Gasteiger charge is 2.54. The largest absolute Gasteiger partial charge is 0.346 e. The number of alkyl halides is 1. The van der Waals surface area contributed by atoms with Crippen molar-refractivity contribution >= 4 is 34.2 Å². The maximum atomic E-state index is 14.6. The third kappa shape index (κ3) is 4.52. The van der Waals surface area contributed by atoms with Gasteiger partial charge in [-0.3, -0.25) is 19.5 Å². The van der Waals surface area contributed by atoms with E-state index in [-0.39, 0.29) is 31.6 Å². The number of pyridine rings is 1. The number of hydrogen-bond donors (Lipinski definition) is 0. The number of methoxy groups -OCH3 is 1. The molecule has 8 heteroatoms. The van der Waals surface area contributed by atoms with Crippen LogP contribution in [0.4, 0.5) is 4.39 Å². The Bertz CT molecular complexity index is 1300. The normalized spacial score (nSPS) is 22.0. The summed E-state index contributed by atoms with van der Waals surface area (Å²) in [5, 5.41) is 10.9. The van der Waals surface area contributed by atoms with E-state index in [0.717, 1.165) is 16.0 Å². The molecule has 34 heavy (non-hydrogen) atoms. The number of benzene rings is 2. The summed E-state index contributed by atoms with van der Waals surface area (Å²) in [6, 6.07) is 16.6. The van der Waals surface area contributed by atoms with Gasteiger partial charge in [0, 0.05) is 48.5 Å². The minimum atomic E-state index is -1.75. The van der Waals surface area contributed by atoms with Crippen LogP contribution >= 0.6 is 11.6 Å². The molecule has 1 amide bonds. The Hall–Kier alpha value is -3.34. The molecule has 2 atom stereocenters. The Morgan fingerprint density at radius 3 is 2.56 bits per heavy atom. The van der Waals surface area contributed by atoms with E-state index in [2.05, 4.69) is 4.98 Å². The van der Waals surface area contributed by atoms with Gasteiger partial charge in [0.05, 0.1) is 12.1 Å². The molecule has 1 aromatic heterocycles. The molecule has 3 aromatic rings. The number of carbonyl (C=O) groups is 2. The summed E-state index contributed by atoms with van der Waals surface area (Å²) in [7, 11) is 1.28. The molecule has 0 saturated carbocycles. The van der Waals surface area contributed by atoms with Crippen molar-refractivity contribution in [2.24, 2.45) is 0 Å². The number of likely N-dealkylation sites (tertiary alicyclic amines) is 1. The van der Waals surface area contributed by atoms with Gasteiger partial charge in [-0.05, 0) is 48.4 Å². The number of hydrogen-bond acceptors (Lipinski definition) is 5. The molecule has 1 aliphatic heterocycles. The van der Waals surface area contributed by atoms with Crippen molar-refractivity contribution < 1.29 is 18.7 Å². The molecule has 0 bridgehead atoms. The summed E-state index contributed by atoms with van der Waals surface area (Å²) in [5.74, 6) is -0.741. The maximum absolute atomic E-state index is 14.6. The topological polar surface area (TPSA) is 83.3 Å². The van der Waals surface area contributed by atoms with Gasteiger partial charge in [0.2, 0.25) is 11.6 Å². The van der Waals surface area contributed by atoms with E-state index in [4.69, 9.17) is 16.3 Å². The fourth-order valence-corrected chi connectivity index (χ4v) is 4.55. The Morgan fingerprint density at radius 2 is 1.88 bits per heavy atom. The lowest BCUT2D eigenvalue weighted by Crippen LogP contribution is -2.47. The number of rotatable bonds is 6. The first-order valence-electron chi connectivity index (χ1n) is 10.8. The molecule has 0 N–H and O–H groups in total. The van der Waals surface area contributed by atoms with Gasteiger partial charge in [-0.2, -0.15) is 5.26 Å². The van der Waals surface area contributed by atoms with Gasteiger partial charge in [-0.1, -0.05) is 29.8 Å². The van der Waals surface area contributed by atoms with Gasteiger partial charge in [-0.15, -0.1) is 0 Å². The number of carbonyl (C=O) groups excluding carboxylic acids is 2. The second-order valence-corrected chi connectivity index (χ2v) is 9.13. The first-order chi connectivity index (χ1) is 16.2. The predicted octanol–water partition coefficient (Wildman–Crippen LogP) is 5.34. The van der Waals surface area contributed by atoms with Crippen LogP contribution in [-0.4, -0.2) is 46.6 Å². The zero-order chi connectivity index (χ0) is 24.5. The maximum Gasteiger partial charge on any atom is 0.235 e. The molecule has 1 saturated heterocycles. The molecule has 0 radical (unpaired) electrons. The van der Waals surface area contributed by atoms with Crippen LogP contribution in [0.15, 0.2) is 54.7 Å². The average molecular weight is 480 g/mol. The van der Waals surface area contributed by atoms with Crippen LogP contribution in [0.5, 0.6) is 0 Å². The Morgan fingerprint density at radius 1 is 1.18 bits per heavy atom. The number of fused-ring (bicyclic) bond motifs is 1. The lowest BCUT2D eigenvalue weighted by atomic mass is 9.97. The minimum absolute atomic E-state index is 0.0894. The molecule has 6 nitrogen and oxygen atoms in total. The highest BCUT2D eigenvalue weighted by molar-refractivity contribution is 6.30. The number of aromatic nitrogens is 1. The average Bonchev–Trinajstić information content (AvgIpc) is 3.13. The molecular formula is C26H23ClFN3O3. The molecule has 1 unspecified atom stereocenters. The highest BCUT2D eigenvalue weighted by Crippen LogP contribution is 2.39. The summed E-state index contributed by atoms with van der Waals surface area (Å²) >= 11 is 5.99. The molecule has 2 heterocycles. The smallest absolute Gasteiger partial charge is 0.235 e. The fraction of sp³-hybridized carbons (Fsp3) is 0.308. The summed E-state index contributed by atoms with van der Waals surface area (Å²) in [5.41, 5.74) is -0.459. The number of amides is 1. The number of ketones is 1. The van der Waals surface area contributed by atoms with Crippen molar-refractivity contribution in [2.45, 2.75) is 37.6 Å². The van der Waals surface area contributed by atoms with Gasteiger partial charge < -0.3 is 4.74 Å². The van der Waals surface area contributed by atoms with Crippen molar-refractivity contribution in [3.8, 4) is 17.2 Å². The van der Waals surface area contributed by atoms with Crippen LogP contribution in [0.2, 0.25) is 5.02 Å². The van der Waals surface area contributed by atoms with E-state index in [1.54, 1.807) is 24.4 Å². The van der Waals surface area contributed by atoms with Crippen LogP contribution in [0, 0.1) is 11.3 Å². The minimum Gasteiger partial charge on any atom is -0.346 e. The number of halogens is 2. The van der Waals surface area contributed by atoms with Crippen molar-refractivity contribution in [3.05, 3.63) is 65.3 Å². The van der Waals surface area contributed by atoms with E-state index in [1.807, 2.05) is 36.4 Å². The van der Waals surface area contributed by atoms with E-state index in [0.29, 0.717) is 21.5 Å². The quantitative estimate of drug-likeness (QED) is 0.445. The second-order valence-electron chi connectivity index (χ2n) is 8.69. The number of ether oxygens (including phenoxy) is 1. The molecule has 0 spiro atoms. The van der Waals surface area contributed by atoms with E-state index in [1.165, 1.54) is 14.0 Å².